The molecule has 0 unspecified atom stereocenters. The molecule has 1 rings (SSSR count). The molecule has 0 aromatic heterocycles. The Labute approximate surface area is 83.5 Å². The smallest absolute Gasteiger partial charge is 0.276 e. The van der Waals surface area contributed by atoms with Gasteiger partial charge in [-0.3, -0.25) is 25.1 Å². The predicted molar refractivity (Wildman–Crippen MR) is 48.7 cm³/mol. The fraction of sp³-hybridized carbons (Fsp3) is 0.143. The third kappa shape index (κ3) is 2.69. The molecule has 0 aliphatic rings. The molecule has 1 aromatic carbocycles. The molecule has 0 radical (unpaired) electrons. The summed E-state index contributed by atoms with van der Waals surface area (Å²) in [6, 6.07) is 3.21. The minimum absolute atomic E-state index is 0.123. The van der Waals surface area contributed by atoms with Gasteiger partial charge in [-0.25, -0.2) is 5.90 Å². The average Bonchev–Trinajstić information content (AvgIpc) is 2.17. The van der Waals surface area contributed by atoms with Crippen molar-refractivity contribution in [2.75, 3.05) is 0 Å². The van der Waals surface area contributed by atoms with Crippen LogP contribution in [0.25, 0.3) is 0 Å². The second-order valence-electron chi connectivity index (χ2n) is 2.68. The summed E-state index contributed by atoms with van der Waals surface area (Å²) in [5.74, 6) is 4.77. The largest absolute Gasteiger partial charge is 0.300 e. The van der Waals surface area contributed by atoms with Gasteiger partial charge in [-0.05, 0) is 5.56 Å². The molecular formula is C7H7N3O5. The van der Waals surface area contributed by atoms with E-state index in [0.717, 1.165) is 6.07 Å². The molecule has 15 heavy (non-hydrogen) atoms. The van der Waals surface area contributed by atoms with Crippen LogP contribution >= 0.6 is 0 Å². The third-order valence-electron chi connectivity index (χ3n) is 1.63. The van der Waals surface area contributed by atoms with Crippen molar-refractivity contribution >= 4 is 11.4 Å². The van der Waals surface area contributed by atoms with E-state index in [1.807, 2.05) is 0 Å². The monoisotopic (exact) mass is 213 g/mol. The molecule has 80 valence electrons. The van der Waals surface area contributed by atoms with Crippen molar-refractivity contribution in [2.45, 2.75) is 6.61 Å². The van der Waals surface area contributed by atoms with Crippen molar-refractivity contribution in [3.63, 3.8) is 0 Å². The van der Waals surface area contributed by atoms with E-state index in [1.54, 1.807) is 0 Å². The fourth-order valence-corrected chi connectivity index (χ4v) is 1.05. The SMILES string of the molecule is NOCc1cc([N+](=O)[O-])cc([N+](=O)[O-])c1. The van der Waals surface area contributed by atoms with Crippen LogP contribution in [0.15, 0.2) is 18.2 Å². The molecule has 0 heterocycles. The topological polar surface area (TPSA) is 122 Å². The zero-order chi connectivity index (χ0) is 11.4. The Balaban J connectivity index is 3.19. The van der Waals surface area contributed by atoms with Crippen LogP contribution in [-0.4, -0.2) is 9.85 Å². The number of nitro groups is 2. The van der Waals surface area contributed by atoms with E-state index < -0.39 is 9.85 Å². The molecule has 8 nitrogen and oxygen atoms in total. The highest BCUT2D eigenvalue weighted by atomic mass is 16.6. The summed E-state index contributed by atoms with van der Waals surface area (Å²) in [5.41, 5.74) is -0.453. The minimum Gasteiger partial charge on any atom is -0.300 e. The van der Waals surface area contributed by atoms with Crippen LogP contribution in [0.5, 0.6) is 0 Å². The summed E-state index contributed by atoms with van der Waals surface area (Å²) in [6.45, 7) is -0.123. The van der Waals surface area contributed by atoms with E-state index in [-0.39, 0.29) is 23.5 Å². The van der Waals surface area contributed by atoms with Gasteiger partial charge in [0.2, 0.25) is 0 Å². The summed E-state index contributed by atoms with van der Waals surface area (Å²) in [4.78, 5) is 23.7. The Morgan fingerprint density at radius 1 is 1.13 bits per heavy atom. The lowest BCUT2D eigenvalue weighted by Crippen LogP contribution is -2.01. The number of rotatable bonds is 4. The lowest BCUT2D eigenvalue weighted by atomic mass is 10.2. The summed E-state index contributed by atoms with van der Waals surface area (Å²) in [7, 11) is 0. The summed E-state index contributed by atoms with van der Waals surface area (Å²) >= 11 is 0. The molecule has 0 saturated carbocycles. The number of nitrogens with zero attached hydrogens (tertiary/aromatic N) is 2. The maximum absolute atomic E-state index is 10.4. The van der Waals surface area contributed by atoms with E-state index in [1.165, 1.54) is 12.1 Å². The van der Waals surface area contributed by atoms with Gasteiger partial charge < -0.3 is 0 Å². The van der Waals surface area contributed by atoms with Crippen molar-refractivity contribution in [1.29, 1.82) is 0 Å². The van der Waals surface area contributed by atoms with E-state index >= 15 is 0 Å². The predicted octanol–water partition coefficient (Wildman–Crippen LogP) is 0.893. The zero-order valence-corrected chi connectivity index (χ0v) is 7.45. The van der Waals surface area contributed by atoms with E-state index in [2.05, 4.69) is 4.84 Å². The fourth-order valence-electron chi connectivity index (χ4n) is 1.05. The highest BCUT2D eigenvalue weighted by Gasteiger charge is 2.15. The third-order valence-corrected chi connectivity index (χ3v) is 1.63. The first-order valence-corrected chi connectivity index (χ1v) is 3.79. The standard InChI is InChI=1S/C7H7N3O5/c8-15-4-5-1-6(9(11)12)3-7(2-5)10(13)14/h1-3H,4,8H2. The second kappa shape index (κ2) is 4.44. The number of non-ortho nitro benzene ring substituents is 2. The minimum atomic E-state index is -0.715. The normalized spacial score (nSPS) is 9.93. The molecule has 2 N–H and O–H groups in total. The maximum Gasteiger partial charge on any atom is 0.276 e. The molecule has 0 saturated heterocycles. The molecule has 0 bridgehead atoms. The van der Waals surface area contributed by atoms with E-state index in [4.69, 9.17) is 5.90 Å². The Bertz CT molecular complexity index is 373. The number of benzene rings is 1. The van der Waals surface area contributed by atoms with Gasteiger partial charge in [0.15, 0.2) is 0 Å². The van der Waals surface area contributed by atoms with Crippen molar-refractivity contribution < 1.29 is 14.7 Å². The number of nitrogens with two attached hydrogens (primary N) is 1. The number of hydrogen-bond donors (Lipinski definition) is 1. The van der Waals surface area contributed by atoms with Crippen molar-refractivity contribution in [1.82, 2.24) is 0 Å². The molecule has 0 atom stereocenters. The van der Waals surface area contributed by atoms with Crippen LogP contribution < -0.4 is 5.90 Å². The Hall–Kier alpha value is -2.06. The van der Waals surface area contributed by atoms with E-state index in [0.29, 0.717) is 0 Å². The highest BCUT2D eigenvalue weighted by molar-refractivity contribution is 5.46. The molecule has 0 aliphatic carbocycles. The number of hydrogen-bond acceptors (Lipinski definition) is 6. The van der Waals surface area contributed by atoms with Crippen molar-refractivity contribution in [3.05, 3.63) is 44.0 Å². The second-order valence-corrected chi connectivity index (χ2v) is 2.68. The highest BCUT2D eigenvalue weighted by Crippen LogP contribution is 2.22. The summed E-state index contributed by atoms with van der Waals surface area (Å²) < 4.78 is 0. The zero-order valence-electron chi connectivity index (χ0n) is 7.45. The van der Waals surface area contributed by atoms with Gasteiger partial charge in [-0.2, -0.15) is 0 Å². The Morgan fingerprint density at radius 2 is 1.60 bits per heavy atom. The van der Waals surface area contributed by atoms with Crippen LogP contribution in [0.4, 0.5) is 11.4 Å². The first-order chi connectivity index (χ1) is 7.04. The van der Waals surface area contributed by atoms with Crippen LogP contribution in [0.2, 0.25) is 0 Å². The van der Waals surface area contributed by atoms with Crippen LogP contribution in [0.1, 0.15) is 5.56 Å². The molecule has 8 heteroatoms. The van der Waals surface area contributed by atoms with Gasteiger partial charge in [0.25, 0.3) is 11.4 Å². The van der Waals surface area contributed by atoms with Crippen LogP contribution in [0, 0.1) is 20.2 Å². The lowest BCUT2D eigenvalue weighted by Gasteiger charge is -1.99. The summed E-state index contributed by atoms with van der Waals surface area (Å²) in [5, 5.41) is 20.9. The first-order valence-electron chi connectivity index (χ1n) is 3.79. The molecule has 0 spiro atoms. The maximum atomic E-state index is 10.4. The Kier molecular flexibility index (Phi) is 3.26. The number of nitro benzene ring substituents is 2. The van der Waals surface area contributed by atoms with Gasteiger partial charge in [0.1, 0.15) is 0 Å². The molecular weight excluding hydrogens is 206 g/mol. The molecule has 1 aromatic rings. The Morgan fingerprint density at radius 3 is 1.93 bits per heavy atom. The van der Waals surface area contributed by atoms with Gasteiger partial charge in [0.05, 0.1) is 22.5 Å². The van der Waals surface area contributed by atoms with Gasteiger partial charge in [0, 0.05) is 12.1 Å². The van der Waals surface area contributed by atoms with Crippen LogP contribution in [0.3, 0.4) is 0 Å². The quantitative estimate of drug-likeness (QED) is 0.585. The van der Waals surface area contributed by atoms with Crippen LogP contribution in [-0.2, 0) is 11.4 Å². The van der Waals surface area contributed by atoms with Gasteiger partial charge in [-0.1, -0.05) is 0 Å². The van der Waals surface area contributed by atoms with Crippen molar-refractivity contribution in [2.24, 2.45) is 5.90 Å². The average molecular weight is 213 g/mol. The molecule has 0 amide bonds. The summed E-state index contributed by atoms with van der Waals surface area (Å²) in [6.07, 6.45) is 0. The first kappa shape index (κ1) is 11.0. The lowest BCUT2D eigenvalue weighted by molar-refractivity contribution is -0.394. The van der Waals surface area contributed by atoms with Gasteiger partial charge in [-0.15, -0.1) is 0 Å². The molecule has 0 aliphatic heterocycles. The van der Waals surface area contributed by atoms with Crippen molar-refractivity contribution in [3.8, 4) is 0 Å². The van der Waals surface area contributed by atoms with E-state index in [9.17, 15) is 20.2 Å². The molecule has 0 fully saturated rings. The van der Waals surface area contributed by atoms with Gasteiger partial charge >= 0.3 is 0 Å².